The van der Waals surface area contributed by atoms with Gasteiger partial charge in [0.2, 0.25) is 0 Å². The van der Waals surface area contributed by atoms with E-state index in [1.54, 1.807) is 0 Å². The summed E-state index contributed by atoms with van der Waals surface area (Å²) in [5.74, 6) is 0. The topological polar surface area (TPSA) is 32.3 Å². The maximum Gasteiger partial charge on any atom is 0.321 e. The van der Waals surface area contributed by atoms with E-state index in [1.807, 2.05) is 35.2 Å². The zero-order valence-electron chi connectivity index (χ0n) is 13.6. The lowest BCUT2D eigenvalue weighted by atomic mass is 10.1. The number of nitrogens with zero attached hydrogens (tertiary/aromatic N) is 1. The van der Waals surface area contributed by atoms with Crippen LogP contribution in [-0.2, 0) is 0 Å². The maximum absolute atomic E-state index is 12.3. The van der Waals surface area contributed by atoms with E-state index in [1.165, 1.54) is 32.1 Å². The van der Waals surface area contributed by atoms with Crippen LogP contribution in [0.1, 0.15) is 58.8 Å². The summed E-state index contributed by atoms with van der Waals surface area (Å²) in [5, 5.41) is 3.04. The van der Waals surface area contributed by atoms with E-state index in [0.717, 1.165) is 31.6 Å². The fraction of sp³-hybridized carbons (Fsp3) is 0.611. The van der Waals surface area contributed by atoms with Gasteiger partial charge in [-0.25, -0.2) is 4.79 Å². The van der Waals surface area contributed by atoms with Gasteiger partial charge in [0.15, 0.2) is 0 Å². The number of rotatable bonds is 10. The molecular weight excluding hydrogens is 260 g/mol. The molecule has 0 heterocycles. The molecule has 1 aromatic carbocycles. The van der Waals surface area contributed by atoms with Crippen LogP contribution in [0.4, 0.5) is 10.5 Å². The van der Waals surface area contributed by atoms with Gasteiger partial charge in [0, 0.05) is 18.8 Å². The van der Waals surface area contributed by atoms with Gasteiger partial charge in [-0.15, -0.1) is 0 Å². The second kappa shape index (κ2) is 11.2. The average Bonchev–Trinajstić information content (AvgIpc) is 2.52. The van der Waals surface area contributed by atoms with Gasteiger partial charge in [0.25, 0.3) is 0 Å². The zero-order chi connectivity index (χ0) is 15.3. The normalized spacial score (nSPS) is 10.4. The first-order valence-corrected chi connectivity index (χ1v) is 8.40. The number of amides is 2. The van der Waals surface area contributed by atoms with Gasteiger partial charge in [-0.1, -0.05) is 64.2 Å². The Morgan fingerprint density at radius 1 is 0.952 bits per heavy atom. The predicted molar refractivity (Wildman–Crippen MR) is 90.9 cm³/mol. The molecule has 1 N–H and O–H groups in total. The number of anilines is 1. The number of benzene rings is 1. The van der Waals surface area contributed by atoms with Crippen molar-refractivity contribution in [2.24, 2.45) is 0 Å². The summed E-state index contributed by atoms with van der Waals surface area (Å²) in [6.45, 7) is 5.85. The first-order chi connectivity index (χ1) is 10.3. The molecule has 21 heavy (non-hydrogen) atoms. The smallest absolute Gasteiger partial charge is 0.321 e. The molecule has 0 aliphatic heterocycles. The van der Waals surface area contributed by atoms with Crippen LogP contribution in [0, 0.1) is 0 Å². The standard InChI is InChI=1S/C18H30N2O/c1-3-5-6-7-8-12-15-19-18(21)20(16-4-2)17-13-10-9-11-14-17/h9-11,13-14H,3-8,12,15-16H2,1-2H3,(H,19,21). The lowest BCUT2D eigenvalue weighted by Gasteiger charge is -2.22. The molecule has 1 rings (SSSR count). The maximum atomic E-state index is 12.3. The van der Waals surface area contributed by atoms with Crippen molar-refractivity contribution in [2.45, 2.75) is 58.8 Å². The minimum Gasteiger partial charge on any atom is -0.338 e. The van der Waals surface area contributed by atoms with Crippen molar-refractivity contribution in [1.82, 2.24) is 5.32 Å². The Kier molecular flexibility index (Phi) is 9.34. The Morgan fingerprint density at radius 2 is 1.62 bits per heavy atom. The van der Waals surface area contributed by atoms with E-state index in [4.69, 9.17) is 0 Å². The molecule has 0 atom stereocenters. The van der Waals surface area contributed by atoms with Gasteiger partial charge in [-0.2, -0.15) is 0 Å². The van der Waals surface area contributed by atoms with Crippen molar-refractivity contribution >= 4 is 11.7 Å². The summed E-state index contributed by atoms with van der Waals surface area (Å²) in [4.78, 5) is 14.1. The third-order valence-electron chi connectivity index (χ3n) is 3.57. The van der Waals surface area contributed by atoms with Crippen LogP contribution in [0.2, 0.25) is 0 Å². The highest BCUT2D eigenvalue weighted by Gasteiger charge is 2.13. The average molecular weight is 290 g/mol. The molecule has 0 spiro atoms. The van der Waals surface area contributed by atoms with Gasteiger partial charge in [-0.05, 0) is 25.0 Å². The van der Waals surface area contributed by atoms with Crippen LogP contribution in [0.5, 0.6) is 0 Å². The summed E-state index contributed by atoms with van der Waals surface area (Å²) in [6, 6.07) is 9.91. The van der Waals surface area contributed by atoms with Crippen LogP contribution < -0.4 is 10.2 Å². The van der Waals surface area contributed by atoms with Gasteiger partial charge >= 0.3 is 6.03 Å². The van der Waals surface area contributed by atoms with Gasteiger partial charge in [-0.3, -0.25) is 4.90 Å². The number of hydrogen-bond acceptors (Lipinski definition) is 1. The molecule has 0 aliphatic carbocycles. The Bertz CT molecular complexity index is 378. The second-order valence-electron chi connectivity index (χ2n) is 5.49. The van der Waals surface area contributed by atoms with E-state index >= 15 is 0 Å². The number of urea groups is 1. The summed E-state index contributed by atoms with van der Waals surface area (Å²) in [5.41, 5.74) is 0.972. The van der Waals surface area contributed by atoms with Gasteiger partial charge in [0.1, 0.15) is 0 Å². The molecule has 0 bridgehead atoms. The van der Waals surface area contributed by atoms with E-state index in [0.29, 0.717) is 0 Å². The van der Waals surface area contributed by atoms with Crippen molar-refractivity contribution in [1.29, 1.82) is 0 Å². The predicted octanol–water partition coefficient (Wildman–Crippen LogP) is 4.97. The molecule has 1 aromatic rings. The van der Waals surface area contributed by atoms with Crippen molar-refractivity contribution < 1.29 is 4.79 Å². The second-order valence-corrected chi connectivity index (χ2v) is 5.49. The summed E-state index contributed by atoms with van der Waals surface area (Å²) in [7, 11) is 0. The van der Waals surface area contributed by atoms with Crippen molar-refractivity contribution in [3.05, 3.63) is 30.3 Å². The molecular formula is C18H30N2O. The number of carbonyl (C=O) groups excluding carboxylic acids is 1. The quantitative estimate of drug-likeness (QED) is 0.606. The molecule has 0 unspecified atom stereocenters. The lowest BCUT2D eigenvalue weighted by Crippen LogP contribution is -2.41. The van der Waals surface area contributed by atoms with E-state index in [2.05, 4.69) is 19.2 Å². The van der Waals surface area contributed by atoms with Crippen LogP contribution >= 0.6 is 0 Å². The lowest BCUT2D eigenvalue weighted by molar-refractivity contribution is 0.246. The fourth-order valence-corrected chi connectivity index (χ4v) is 2.38. The number of hydrogen-bond donors (Lipinski definition) is 1. The molecule has 3 nitrogen and oxygen atoms in total. The third-order valence-corrected chi connectivity index (χ3v) is 3.57. The Balaban J connectivity index is 2.30. The molecule has 0 saturated carbocycles. The van der Waals surface area contributed by atoms with E-state index in [-0.39, 0.29) is 6.03 Å². The van der Waals surface area contributed by atoms with Crippen LogP contribution in [0.15, 0.2) is 30.3 Å². The minimum atomic E-state index is 0.0246. The molecule has 0 fully saturated rings. The first-order valence-electron chi connectivity index (χ1n) is 8.40. The monoisotopic (exact) mass is 290 g/mol. The number of unbranched alkanes of at least 4 members (excludes halogenated alkanes) is 5. The Morgan fingerprint density at radius 3 is 2.29 bits per heavy atom. The van der Waals surface area contributed by atoms with Crippen LogP contribution in [-0.4, -0.2) is 19.1 Å². The highest BCUT2D eigenvalue weighted by molar-refractivity contribution is 5.91. The molecule has 118 valence electrons. The van der Waals surface area contributed by atoms with Gasteiger partial charge in [0.05, 0.1) is 0 Å². The number of carbonyl (C=O) groups is 1. The number of para-hydroxylation sites is 1. The highest BCUT2D eigenvalue weighted by atomic mass is 16.2. The fourth-order valence-electron chi connectivity index (χ4n) is 2.38. The molecule has 3 heteroatoms. The highest BCUT2D eigenvalue weighted by Crippen LogP contribution is 2.13. The van der Waals surface area contributed by atoms with E-state index < -0.39 is 0 Å². The minimum absolute atomic E-state index is 0.0246. The molecule has 0 aliphatic rings. The van der Waals surface area contributed by atoms with Crippen LogP contribution in [0.3, 0.4) is 0 Å². The molecule has 0 radical (unpaired) electrons. The Labute approximate surface area is 129 Å². The third kappa shape index (κ3) is 7.16. The Hall–Kier alpha value is -1.51. The van der Waals surface area contributed by atoms with Crippen molar-refractivity contribution in [3.63, 3.8) is 0 Å². The molecule has 0 aromatic heterocycles. The first kappa shape index (κ1) is 17.5. The van der Waals surface area contributed by atoms with E-state index in [9.17, 15) is 4.79 Å². The molecule has 0 saturated heterocycles. The number of nitrogens with one attached hydrogen (secondary N) is 1. The molecule has 2 amide bonds. The summed E-state index contributed by atoms with van der Waals surface area (Å²) >= 11 is 0. The van der Waals surface area contributed by atoms with Crippen molar-refractivity contribution in [3.8, 4) is 0 Å². The van der Waals surface area contributed by atoms with Crippen LogP contribution in [0.25, 0.3) is 0 Å². The summed E-state index contributed by atoms with van der Waals surface area (Å²) in [6.07, 6.45) is 8.44. The largest absolute Gasteiger partial charge is 0.338 e. The summed E-state index contributed by atoms with van der Waals surface area (Å²) < 4.78 is 0. The SMILES string of the molecule is CCCCCCCCNC(=O)N(CCC)c1ccccc1. The zero-order valence-corrected chi connectivity index (χ0v) is 13.6. The van der Waals surface area contributed by atoms with Gasteiger partial charge < -0.3 is 5.32 Å². The van der Waals surface area contributed by atoms with Crippen molar-refractivity contribution in [2.75, 3.05) is 18.0 Å².